The molecule has 2 heterocycles. The lowest BCUT2D eigenvalue weighted by Gasteiger charge is -2.17. The smallest absolute Gasteiger partial charge is 0.309 e. The maximum atomic E-state index is 11.0. The molecule has 3 N–H and O–H groups in total. The zero-order valence-electron chi connectivity index (χ0n) is 10.0. The van der Waals surface area contributed by atoms with Gasteiger partial charge in [0.25, 0.3) is 0 Å². The Balaban J connectivity index is 2.20. The average Bonchev–Trinajstić information content (AvgIpc) is 2.75. The van der Waals surface area contributed by atoms with E-state index >= 15 is 0 Å². The van der Waals surface area contributed by atoms with Gasteiger partial charge in [-0.25, -0.2) is 9.97 Å². The van der Waals surface area contributed by atoms with Gasteiger partial charge in [0.15, 0.2) is 5.16 Å². The molecule has 0 unspecified atom stereocenters. The number of aromatic nitrogens is 2. The molecule has 2 aromatic heterocycles. The fraction of sp³-hybridized carbons (Fsp3) is 0.364. The van der Waals surface area contributed by atoms with Crippen molar-refractivity contribution in [2.24, 2.45) is 5.41 Å². The van der Waals surface area contributed by atoms with Gasteiger partial charge in [-0.05, 0) is 25.3 Å². The molecule has 0 bridgehead atoms. The molecule has 2 rings (SSSR count). The number of nitrogens with two attached hydrogens (primary N) is 1. The van der Waals surface area contributed by atoms with Gasteiger partial charge in [0.05, 0.1) is 10.8 Å². The molecule has 0 saturated heterocycles. The number of thioether (sulfide) groups is 1. The first kappa shape index (κ1) is 13.1. The van der Waals surface area contributed by atoms with E-state index in [1.165, 1.54) is 23.1 Å². The summed E-state index contributed by atoms with van der Waals surface area (Å²) in [4.78, 5) is 20.4. The van der Waals surface area contributed by atoms with Crippen molar-refractivity contribution in [3.63, 3.8) is 0 Å². The van der Waals surface area contributed by atoms with Crippen LogP contribution in [0.2, 0.25) is 0 Å². The molecule has 2 aromatic rings. The van der Waals surface area contributed by atoms with Crippen LogP contribution >= 0.6 is 23.1 Å². The lowest BCUT2D eigenvalue weighted by Crippen LogP contribution is -2.26. The summed E-state index contributed by atoms with van der Waals surface area (Å²) >= 11 is 2.81. The van der Waals surface area contributed by atoms with Gasteiger partial charge in [0.1, 0.15) is 10.6 Å². The zero-order valence-corrected chi connectivity index (χ0v) is 11.6. The van der Waals surface area contributed by atoms with Crippen LogP contribution in [0, 0.1) is 5.41 Å². The second-order valence-corrected chi connectivity index (χ2v) is 6.35. The van der Waals surface area contributed by atoms with Crippen molar-refractivity contribution in [2.45, 2.75) is 19.0 Å². The van der Waals surface area contributed by atoms with E-state index in [4.69, 9.17) is 10.8 Å². The van der Waals surface area contributed by atoms with Gasteiger partial charge >= 0.3 is 5.97 Å². The quantitative estimate of drug-likeness (QED) is 0.662. The van der Waals surface area contributed by atoms with Gasteiger partial charge in [0, 0.05) is 5.75 Å². The summed E-state index contributed by atoms with van der Waals surface area (Å²) in [5.41, 5.74) is 5.01. The molecule has 96 valence electrons. The van der Waals surface area contributed by atoms with E-state index in [1.807, 2.05) is 11.4 Å². The third kappa shape index (κ3) is 2.56. The molecule has 0 radical (unpaired) electrons. The number of aliphatic carboxylic acids is 1. The molecule has 0 spiro atoms. The lowest BCUT2D eigenvalue weighted by atomic mass is 9.97. The number of nitrogens with zero attached hydrogens (tertiary/aromatic N) is 2. The van der Waals surface area contributed by atoms with Gasteiger partial charge in [-0.15, -0.1) is 11.3 Å². The number of carboxylic acids is 1. The molecule has 0 atom stereocenters. The summed E-state index contributed by atoms with van der Waals surface area (Å²) < 4.78 is 0. The topological polar surface area (TPSA) is 89.1 Å². The molecular weight excluding hydrogens is 270 g/mol. The number of hydrogen-bond acceptors (Lipinski definition) is 6. The lowest BCUT2D eigenvalue weighted by molar-refractivity contribution is -0.145. The van der Waals surface area contributed by atoms with E-state index in [-0.39, 0.29) is 0 Å². The van der Waals surface area contributed by atoms with Crippen molar-refractivity contribution in [3.8, 4) is 0 Å². The van der Waals surface area contributed by atoms with Gasteiger partial charge in [-0.2, -0.15) is 0 Å². The number of carbonyl (C=O) groups is 1. The second-order valence-electron chi connectivity index (χ2n) is 4.51. The van der Waals surface area contributed by atoms with Crippen LogP contribution in [0.1, 0.15) is 13.8 Å². The largest absolute Gasteiger partial charge is 0.481 e. The highest BCUT2D eigenvalue weighted by molar-refractivity contribution is 7.99. The Morgan fingerprint density at radius 3 is 2.94 bits per heavy atom. The molecule has 7 heteroatoms. The standard InChI is InChI=1S/C11H13N3O2S2/c1-11(2,9(15)16)5-18-10-13-7(12)6-3-4-17-8(6)14-10/h3-4H,5H2,1-2H3,(H,15,16)(H2,12,13,14). The van der Waals surface area contributed by atoms with Crippen molar-refractivity contribution in [1.29, 1.82) is 0 Å². The first-order valence-corrected chi connectivity index (χ1v) is 7.13. The monoisotopic (exact) mass is 283 g/mol. The molecule has 18 heavy (non-hydrogen) atoms. The Hall–Kier alpha value is -1.34. The highest BCUT2D eigenvalue weighted by Gasteiger charge is 2.27. The minimum atomic E-state index is -0.833. The maximum Gasteiger partial charge on any atom is 0.309 e. The number of nitrogen functional groups attached to an aromatic ring is 1. The summed E-state index contributed by atoms with van der Waals surface area (Å²) in [7, 11) is 0. The molecule has 0 aromatic carbocycles. The van der Waals surface area contributed by atoms with Crippen LogP contribution in [0.4, 0.5) is 5.82 Å². The first-order chi connectivity index (χ1) is 8.40. The van der Waals surface area contributed by atoms with Crippen LogP contribution in [-0.2, 0) is 4.79 Å². The van der Waals surface area contributed by atoms with E-state index in [0.29, 0.717) is 16.7 Å². The van der Waals surface area contributed by atoms with E-state index in [9.17, 15) is 4.79 Å². The van der Waals surface area contributed by atoms with Crippen molar-refractivity contribution in [2.75, 3.05) is 11.5 Å². The molecular formula is C11H13N3O2S2. The first-order valence-electron chi connectivity index (χ1n) is 5.27. The number of hydrogen-bond donors (Lipinski definition) is 2. The Morgan fingerprint density at radius 1 is 1.56 bits per heavy atom. The van der Waals surface area contributed by atoms with E-state index in [0.717, 1.165) is 10.2 Å². The van der Waals surface area contributed by atoms with Crippen LogP contribution in [-0.4, -0.2) is 26.8 Å². The summed E-state index contributed by atoms with van der Waals surface area (Å²) in [5, 5.41) is 12.3. The van der Waals surface area contributed by atoms with Crippen LogP contribution in [0.25, 0.3) is 10.2 Å². The third-order valence-electron chi connectivity index (χ3n) is 2.48. The molecule has 0 aliphatic rings. The molecule has 0 amide bonds. The Labute approximate surface area is 112 Å². The fourth-order valence-electron chi connectivity index (χ4n) is 1.23. The minimum Gasteiger partial charge on any atom is -0.481 e. The normalized spacial score (nSPS) is 11.9. The van der Waals surface area contributed by atoms with Crippen molar-refractivity contribution >= 4 is 45.1 Å². The third-order valence-corrected chi connectivity index (χ3v) is 4.59. The van der Waals surface area contributed by atoms with Crippen molar-refractivity contribution < 1.29 is 9.90 Å². The highest BCUT2D eigenvalue weighted by Crippen LogP contribution is 2.29. The number of fused-ring (bicyclic) bond motifs is 1. The van der Waals surface area contributed by atoms with E-state index < -0.39 is 11.4 Å². The average molecular weight is 283 g/mol. The van der Waals surface area contributed by atoms with Crippen LogP contribution < -0.4 is 5.73 Å². The summed E-state index contributed by atoms with van der Waals surface area (Å²) in [6.07, 6.45) is 0. The SMILES string of the molecule is CC(C)(CSc1nc(N)c2ccsc2n1)C(=O)O. The Bertz CT molecular complexity index is 595. The van der Waals surface area contributed by atoms with Gasteiger partial charge in [-0.1, -0.05) is 11.8 Å². The van der Waals surface area contributed by atoms with Crippen LogP contribution in [0.5, 0.6) is 0 Å². The zero-order chi connectivity index (χ0) is 13.3. The van der Waals surface area contributed by atoms with E-state index in [1.54, 1.807) is 13.8 Å². The van der Waals surface area contributed by atoms with Crippen molar-refractivity contribution in [3.05, 3.63) is 11.4 Å². The maximum absolute atomic E-state index is 11.0. The summed E-state index contributed by atoms with van der Waals surface area (Å²) in [6, 6.07) is 1.88. The van der Waals surface area contributed by atoms with E-state index in [2.05, 4.69) is 9.97 Å². The van der Waals surface area contributed by atoms with Gasteiger partial charge < -0.3 is 10.8 Å². The highest BCUT2D eigenvalue weighted by atomic mass is 32.2. The van der Waals surface area contributed by atoms with Gasteiger partial charge in [-0.3, -0.25) is 4.79 Å². The number of carboxylic acid groups (broad SMARTS) is 1. The fourth-order valence-corrected chi connectivity index (χ4v) is 2.99. The predicted molar refractivity (Wildman–Crippen MR) is 74.0 cm³/mol. The number of anilines is 1. The Kier molecular flexibility index (Phi) is 3.45. The predicted octanol–water partition coefficient (Wildman–Crippen LogP) is 2.48. The minimum absolute atomic E-state index is 0.401. The second kappa shape index (κ2) is 4.74. The molecule has 0 saturated carbocycles. The van der Waals surface area contributed by atoms with Crippen LogP contribution in [0.3, 0.4) is 0 Å². The summed E-state index contributed by atoms with van der Waals surface area (Å²) in [6.45, 7) is 3.35. The molecule has 0 fully saturated rings. The van der Waals surface area contributed by atoms with Crippen LogP contribution in [0.15, 0.2) is 16.6 Å². The number of thiophene rings is 1. The molecule has 0 aliphatic heterocycles. The molecule has 0 aliphatic carbocycles. The molecule has 5 nitrogen and oxygen atoms in total. The number of rotatable bonds is 4. The van der Waals surface area contributed by atoms with Crippen molar-refractivity contribution in [1.82, 2.24) is 9.97 Å². The van der Waals surface area contributed by atoms with Gasteiger partial charge in [0.2, 0.25) is 0 Å². The summed E-state index contributed by atoms with van der Waals surface area (Å²) in [5.74, 6) is 0.00983. The Morgan fingerprint density at radius 2 is 2.28 bits per heavy atom.